The standard InChI is InChI=1S/C18H21ClN4O3/c1-13-12-16(21-26-13)18(25)23-10-8-22(9-11-23)7-6-20-17(24)14-4-2-3-5-15(14)19/h2-5,12H,6-11H2,1H3,(H,20,24). The van der Waals surface area contributed by atoms with Crippen molar-refractivity contribution in [2.75, 3.05) is 39.3 Å². The van der Waals surface area contributed by atoms with Gasteiger partial charge in [-0.2, -0.15) is 0 Å². The second kappa shape index (κ2) is 8.33. The number of amides is 2. The molecule has 0 aliphatic carbocycles. The second-order valence-electron chi connectivity index (χ2n) is 6.19. The Labute approximate surface area is 156 Å². The Hall–Kier alpha value is -2.38. The summed E-state index contributed by atoms with van der Waals surface area (Å²) in [7, 11) is 0. The number of hydrogen-bond donors (Lipinski definition) is 1. The van der Waals surface area contributed by atoms with Crippen LogP contribution in [0.15, 0.2) is 34.9 Å². The first-order valence-electron chi connectivity index (χ1n) is 8.52. The molecular weight excluding hydrogens is 356 g/mol. The molecule has 2 aromatic rings. The van der Waals surface area contributed by atoms with Crippen LogP contribution >= 0.6 is 11.6 Å². The van der Waals surface area contributed by atoms with Gasteiger partial charge in [-0.15, -0.1) is 0 Å². The first kappa shape index (κ1) is 18.4. The van der Waals surface area contributed by atoms with Gasteiger partial charge in [0, 0.05) is 45.3 Å². The van der Waals surface area contributed by atoms with Crippen molar-refractivity contribution >= 4 is 23.4 Å². The van der Waals surface area contributed by atoms with Crippen molar-refractivity contribution in [3.63, 3.8) is 0 Å². The van der Waals surface area contributed by atoms with E-state index in [4.69, 9.17) is 16.1 Å². The Kier molecular flexibility index (Phi) is 5.90. The molecule has 2 amide bonds. The molecule has 0 saturated carbocycles. The summed E-state index contributed by atoms with van der Waals surface area (Å²) in [4.78, 5) is 28.4. The van der Waals surface area contributed by atoms with E-state index in [-0.39, 0.29) is 11.8 Å². The molecule has 1 N–H and O–H groups in total. The lowest BCUT2D eigenvalue weighted by atomic mass is 10.2. The zero-order chi connectivity index (χ0) is 18.5. The number of carbonyl (C=O) groups is 2. The van der Waals surface area contributed by atoms with Crippen molar-refractivity contribution in [1.29, 1.82) is 0 Å². The fourth-order valence-corrected chi connectivity index (χ4v) is 3.09. The number of piperazine rings is 1. The SMILES string of the molecule is Cc1cc(C(=O)N2CCN(CCNC(=O)c3ccccc3Cl)CC2)no1. The Balaban J connectivity index is 1.41. The Bertz CT molecular complexity index is 784. The summed E-state index contributed by atoms with van der Waals surface area (Å²) in [5, 5.41) is 7.10. The molecule has 0 atom stereocenters. The summed E-state index contributed by atoms with van der Waals surface area (Å²) >= 11 is 6.02. The number of hydrogen-bond acceptors (Lipinski definition) is 5. The van der Waals surface area contributed by atoms with Crippen LogP contribution in [0.25, 0.3) is 0 Å². The van der Waals surface area contributed by atoms with Crippen LogP contribution in [-0.4, -0.2) is 66.0 Å². The van der Waals surface area contributed by atoms with Gasteiger partial charge in [0.2, 0.25) is 0 Å². The summed E-state index contributed by atoms with van der Waals surface area (Å²) in [6, 6.07) is 8.63. The second-order valence-corrected chi connectivity index (χ2v) is 6.60. The molecule has 1 fully saturated rings. The number of nitrogens with one attached hydrogen (secondary N) is 1. The maximum Gasteiger partial charge on any atom is 0.276 e. The number of rotatable bonds is 5. The maximum absolute atomic E-state index is 12.3. The first-order chi connectivity index (χ1) is 12.5. The predicted molar refractivity (Wildman–Crippen MR) is 97.4 cm³/mol. The van der Waals surface area contributed by atoms with Gasteiger partial charge in [0.25, 0.3) is 11.8 Å². The maximum atomic E-state index is 12.3. The van der Waals surface area contributed by atoms with Crippen molar-refractivity contribution in [2.24, 2.45) is 0 Å². The van der Waals surface area contributed by atoms with Gasteiger partial charge in [-0.3, -0.25) is 14.5 Å². The number of carbonyl (C=O) groups excluding carboxylic acids is 2. The molecule has 8 heteroatoms. The van der Waals surface area contributed by atoms with E-state index in [2.05, 4.69) is 15.4 Å². The smallest absolute Gasteiger partial charge is 0.276 e. The molecule has 1 saturated heterocycles. The van der Waals surface area contributed by atoms with E-state index >= 15 is 0 Å². The minimum atomic E-state index is -0.175. The van der Waals surface area contributed by atoms with Gasteiger partial charge < -0.3 is 14.7 Å². The molecule has 138 valence electrons. The van der Waals surface area contributed by atoms with E-state index in [1.165, 1.54) is 0 Å². The summed E-state index contributed by atoms with van der Waals surface area (Å²) in [6.45, 7) is 5.78. The lowest BCUT2D eigenvalue weighted by Crippen LogP contribution is -2.50. The molecular formula is C18H21ClN4O3. The molecule has 1 aromatic carbocycles. The topological polar surface area (TPSA) is 78.7 Å². The minimum Gasteiger partial charge on any atom is -0.361 e. The Morgan fingerprint density at radius 3 is 2.62 bits per heavy atom. The van der Waals surface area contributed by atoms with Crippen molar-refractivity contribution in [2.45, 2.75) is 6.92 Å². The zero-order valence-corrected chi connectivity index (χ0v) is 15.3. The molecule has 7 nitrogen and oxygen atoms in total. The van der Waals surface area contributed by atoms with Crippen molar-refractivity contribution in [3.8, 4) is 0 Å². The first-order valence-corrected chi connectivity index (χ1v) is 8.90. The van der Waals surface area contributed by atoms with Crippen molar-refractivity contribution in [1.82, 2.24) is 20.3 Å². The van der Waals surface area contributed by atoms with Gasteiger partial charge in [0.05, 0.1) is 10.6 Å². The van der Waals surface area contributed by atoms with Crippen LogP contribution < -0.4 is 5.32 Å². The quantitative estimate of drug-likeness (QED) is 0.861. The van der Waals surface area contributed by atoms with Gasteiger partial charge in [-0.05, 0) is 19.1 Å². The fourth-order valence-electron chi connectivity index (χ4n) is 2.87. The van der Waals surface area contributed by atoms with E-state index in [1.807, 2.05) is 0 Å². The summed E-state index contributed by atoms with van der Waals surface area (Å²) in [5.74, 6) is 0.348. The Morgan fingerprint density at radius 2 is 1.96 bits per heavy atom. The highest BCUT2D eigenvalue weighted by Gasteiger charge is 2.24. The molecule has 2 heterocycles. The van der Waals surface area contributed by atoms with Crippen molar-refractivity contribution < 1.29 is 14.1 Å². The van der Waals surface area contributed by atoms with Gasteiger partial charge in [0.15, 0.2) is 5.69 Å². The zero-order valence-electron chi connectivity index (χ0n) is 14.6. The van der Waals surface area contributed by atoms with Crippen LogP contribution in [0, 0.1) is 6.92 Å². The molecule has 0 bridgehead atoms. The highest BCUT2D eigenvalue weighted by Crippen LogP contribution is 2.14. The van der Waals surface area contributed by atoms with Crippen LogP contribution in [0.5, 0.6) is 0 Å². The van der Waals surface area contributed by atoms with Gasteiger partial charge in [-0.25, -0.2) is 0 Å². The van der Waals surface area contributed by atoms with E-state index in [9.17, 15) is 9.59 Å². The average molecular weight is 377 g/mol. The third kappa shape index (κ3) is 4.42. The van der Waals surface area contributed by atoms with Gasteiger partial charge in [-0.1, -0.05) is 28.9 Å². The van der Waals surface area contributed by atoms with E-state index < -0.39 is 0 Å². The van der Waals surface area contributed by atoms with E-state index in [0.29, 0.717) is 41.7 Å². The molecule has 26 heavy (non-hydrogen) atoms. The number of aryl methyl sites for hydroxylation is 1. The monoisotopic (exact) mass is 376 g/mol. The average Bonchev–Trinajstić information content (AvgIpc) is 3.08. The highest BCUT2D eigenvalue weighted by atomic mass is 35.5. The number of aromatic nitrogens is 1. The minimum absolute atomic E-state index is 0.103. The number of benzene rings is 1. The highest BCUT2D eigenvalue weighted by molar-refractivity contribution is 6.33. The molecule has 1 aromatic heterocycles. The summed E-state index contributed by atoms with van der Waals surface area (Å²) in [6.07, 6.45) is 0. The lowest BCUT2D eigenvalue weighted by Gasteiger charge is -2.34. The third-order valence-corrected chi connectivity index (χ3v) is 4.67. The Morgan fingerprint density at radius 1 is 1.23 bits per heavy atom. The molecule has 0 radical (unpaired) electrons. The summed E-state index contributed by atoms with van der Waals surface area (Å²) < 4.78 is 4.96. The van der Waals surface area contributed by atoms with E-state index in [1.54, 1.807) is 42.2 Å². The molecule has 3 rings (SSSR count). The predicted octanol–water partition coefficient (Wildman–Crippen LogP) is 1.82. The fraction of sp³-hybridized carbons (Fsp3) is 0.389. The molecule has 1 aliphatic heterocycles. The normalized spacial score (nSPS) is 15.1. The number of nitrogens with zero attached hydrogens (tertiary/aromatic N) is 3. The van der Waals surface area contributed by atoms with Crippen LogP contribution in [0.2, 0.25) is 5.02 Å². The van der Waals surface area contributed by atoms with Gasteiger partial charge in [0.1, 0.15) is 5.76 Å². The lowest BCUT2D eigenvalue weighted by molar-refractivity contribution is 0.0628. The number of halogens is 1. The van der Waals surface area contributed by atoms with Crippen molar-refractivity contribution in [3.05, 3.63) is 52.4 Å². The largest absolute Gasteiger partial charge is 0.361 e. The third-order valence-electron chi connectivity index (χ3n) is 4.34. The molecule has 0 spiro atoms. The van der Waals surface area contributed by atoms with Gasteiger partial charge >= 0.3 is 0 Å². The van der Waals surface area contributed by atoms with Crippen LogP contribution in [-0.2, 0) is 0 Å². The van der Waals surface area contributed by atoms with E-state index in [0.717, 1.165) is 19.6 Å². The van der Waals surface area contributed by atoms with Crippen LogP contribution in [0.3, 0.4) is 0 Å². The van der Waals surface area contributed by atoms with Crippen LogP contribution in [0.1, 0.15) is 26.6 Å². The molecule has 1 aliphatic rings. The van der Waals surface area contributed by atoms with Crippen LogP contribution in [0.4, 0.5) is 0 Å². The molecule has 0 unspecified atom stereocenters. The summed E-state index contributed by atoms with van der Waals surface area (Å²) in [5.41, 5.74) is 0.829.